The molecule has 0 unspecified atom stereocenters. The van der Waals surface area contributed by atoms with Crippen molar-refractivity contribution >= 4 is 29.1 Å². The highest BCUT2D eigenvalue weighted by atomic mass is 35.5. The van der Waals surface area contributed by atoms with E-state index in [1.165, 1.54) is 12.0 Å². The number of hydrogen-bond acceptors (Lipinski definition) is 6. The Labute approximate surface area is 199 Å². The quantitative estimate of drug-likeness (QED) is 0.336. The molecule has 1 fully saturated rings. The summed E-state index contributed by atoms with van der Waals surface area (Å²) in [5.74, 6) is -0.545. The zero-order valence-electron chi connectivity index (χ0n) is 19.3. The maximum atomic E-state index is 13.1. The van der Waals surface area contributed by atoms with Crippen LogP contribution in [-0.4, -0.2) is 67.5 Å². The molecule has 0 aromatic heterocycles. The van der Waals surface area contributed by atoms with E-state index in [0.29, 0.717) is 47.2 Å². The summed E-state index contributed by atoms with van der Waals surface area (Å²) in [6.07, 6.45) is 0.672. The Morgan fingerprint density at radius 2 is 1.82 bits per heavy atom. The number of Topliss-reactive ketones (excluding diaryl/α,β-unsaturated/α-hetero) is 1. The fourth-order valence-electron chi connectivity index (χ4n) is 3.91. The van der Waals surface area contributed by atoms with E-state index < -0.39 is 17.7 Å². The van der Waals surface area contributed by atoms with E-state index in [1.807, 2.05) is 25.9 Å². The summed E-state index contributed by atoms with van der Waals surface area (Å²) in [6.45, 7) is 3.45. The molecule has 8 heteroatoms. The molecule has 1 atom stereocenters. The van der Waals surface area contributed by atoms with Crippen LogP contribution in [0.15, 0.2) is 48.0 Å². The van der Waals surface area contributed by atoms with Crippen molar-refractivity contribution < 1.29 is 24.2 Å². The van der Waals surface area contributed by atoms with Crippen molar-refractivity contribution in [3.63, 3.8) is 0 Å². The molecule has 0 aliphatic carbocycles. The average molecular weight is 473 g/mol. The number of halogens is 1. The number of likely N-dealkylation sites (tertiary alicyclic amines) is 1. The first-order chi connectivity index (χ1) is 15.8. The van der Waals surface area contributed by atoms with E-state index >= 15 is 0 Å². The first-order valence-corrected chi connectivity index (χ1v) is 11.2. The summed E-state index contributed by atoms with van der Waals surface area (Å²) in [5.41, 5.74) is 1.10. The number of benzene rings is 2. The number of aliphatic hydroxyl groups is 1. The van der Waals surface area contributed by atoms with Crippen molar-refractivity contribution in [2.75, 3.05) is 40.9 Å². The SMILES string of the molecule is CCOc1ccc([C@H]2C(=C(O)c3ccc(Cl)cc3)C(=O)C(=O)N2CCCN(C)C)cc1OC. The fraction of sp³-hybridized carbons (Fsp3) is 0.360. The van der Waals surface area contributed by atoms with Gasteiger partial charge >= 0.3 is 0 Å². The minimum absolute atomic E-state index is 0.0402. The van der Waals surface area contributed by atoms with Gasteiger partial charge in [0.2, 0.25) is 0 Å². The van der Waals surface area contributed by atoms with Gasteiger partial charge in [-0.15, -0.1) is 0 Å². The van der Waals surface area contributed by atoms with E-state index in [4.69, 9.17) is 21.1 Å². The Bertz CT molecular complexity index is 1050. The predicted molar refractivity (Wildman–Crippen MR) is 128 cm³/mol. The Morgan fingerprint density at radius 3 is 2.42 bits per heavy atom. The van der Waals surface area contributed by atoms with Crippen molar-refractivity contribution in [1.82, 2.24) is 9.80 Å². The number of nitrogens with zero attached hydrogens (tertiary/aromatic N) is 2. The van der Waals surface area contributed by atoms with Crippen molar-refractivity contribution in [3.05, 3.63) is 64.2 Å². The number of hydrogen-bond donors (Lipinski definition) is 1. The molecular formula is C25H29ClN2O5. The number of amides is 1. The van der Waals surface area contributed by atoms with Gasteiger partial charge in [-0.05, 0) is 75.9 Å². The molecule has 33 heavy (non-hydrogen) atoms. The lowest BCUT2D eigenvalue weighted by Gasteiger charge is -2.26. The molecule has 1 saturated heterocycles. The normalized spacial score (nSPS) is 17.6. The van der Waals surface area contributed by atoms with E-state index in [0.717, 1.165) is 6.54 Å². The molecule has 1 heterocycles. The van der Waals surface area contributed by atoms with E-state index in [-0.39, 0.29) is 11.3 Å². The lowest BCUT2D eigenvalue weighted by atomic mass is 9.95. The van der Waals surface area contributed by atoms with Crippen LogP contribution < -0.4 is 9.47 Å². The van der Waals surface area contributed by atoms with Crippen molar-refractivity contribution in [3.8, 4) is 11.5 Å². The number of ether oxygens (including phenoxy) is 2. The number of rotatable bonds is 9. The van der Waals surface area contributed by atoms with Gasteiger partial charge in [0.15, 0.2) is 11.5 Å². The monoisotopic (exact) mass is 472 g/mol. The molecule has 0 saturated carbocycles. The summed E-state index contributed by atoms with van der Waals surface area (Å²) in [5, 5.41) is 11.6. The number of methoxy groups -OCH3 is 1. The zero-order valence-corrected chi connectivity index (χ0v) is 20.1. The lowest BCUT2D eigenvalue weighted by molar-refractivity contribution is -0.139. The highest BCUT2D eigenvalue weighted by Gasteiger charge is 2.46. The number of carbonyl (C=O) groups is 2. The third-order valence-corrected chi connectivity index (χ3v) is 5.72. The molecule has 1 N–H and O–H groups in total. The van der Waals surface area contributed by atoms with Gasteiger partial charge in [-0.25, -0.2) is 0 Å². The lowest BCUT2D eigenvalue weighted by Crippen LogP contribution is -2.32. The maximum absolute atomic E-state index is 13.1. The predicted octanol–water partition coefficient (Wildman–Crippen LogP) is 4.12. The van der Waals surface area contributed by atoms with Gasteiger partial charge in [0.1, 0.15) is 5.76 Å². The Kier molecular flexibility index (Phi) is 8.00. The van der Waals surface area contributed by atoms with Crippen LogP contribution in [0.5, 0.6) is 11.5 Å². The van der Waals surface area contributed by atoms with Crippen LogP contribution >= 0.6 is 11.6 Å². The summed E-state index contributed by atoms with van der Waals surface area (Å²) in [6, 6.07) is 11.0. The Hall–Kier alpha value is -3.03. The first-order valence-electron chi connectivity index (χ1n) is 10.8. The van der Waals surface area contributed by atoms with Crippen LogP contribution in [0.2, 0.25) is 5.02 Å². The third kappa shape index (κ3) is 5.31. The highest BCUT2D eigenvalue weighted by Crippen LogP contribution is 2.42. The van der Waals surface area contributed by atoms with Crippen LogP contribution in [0.1, 0.15) is 30.5 Å². The average Bonchev–Trinajstić information content (AvgIpc) is 3.04. The first kappa shape index (κ1) is 24.6. The molecule has 1 aliphatic rings. The second-order valence-corrected chi connectivity index (χ2v) is 8.44. The smallest absolute Gasteiger partial charge is 0.295 e. The molecule has 2 aromatic rings. The number of aliphatic hydroxyl groups excluding tert-OH is 1. The Morgan fingerprint density at radius 1 is 1.12 bits per heavy atom. The molecule has 1 amide bonds. The van der Waals surface area contributed by atoms with E-state index in [1.54, 1.807) is 42.5 Å². The summed E-state index contributed by atoms with van der Waals surface area (Å²) < 4.78 is 11.1. The molecule has 176 valence electrons. The van der Waals surface area contributed by atoms with Gasteiger partial charge in [0.05, 0.1) is 25.3 Å². The Balaban J connectivity index is 2.12. The van der Waals surface area contributed by atoms with Crippen LogP contribution in [-0.2, 0) is 9.59 Å². The molecule has 2 aromatic carbocycles. The summed E-state index contributed by atoms with van der Waals surface area (Å²) in [7, 11) is 5.43. The molecule has 0 radical (unpaired) electrons. The van der Waals surface area contributed by atoms with Gasteiger partial charge in [-0.2, -0.15) is 0 Å². The molecule has 3 rings (SSSR count). The molecule has 0 spiro atoms. The second-order valence-electron chi connectivity index (χ2n) is 8.00. The van der Waals surface area contributed by atoms with Crippen molar-refractivity contribution in [2.24, 2.45) is 0 Å². The second kappa shape index (κ2) is 10.7. The third-order valence-electron chi connectivity index (χ3n) is 5.47. The van der Waals surface area contributed by atoms with Crippen molar-refractivity contribution in [1.29, 1.82) is 0 Å². The highest BCUT2D eigenvalue weighted by molar-refractivity contribution is 6.46. The minimum atomic E-state index is -0.757. The largest absolute Gasteiger partial charge is 0.507 e. The van der Waals surface area contributed by atoms with E-state index in [9.17, 15) is 14.7 Å². The van der Waals surface area contributed by atoms with Gasteiger partial charge < -0.3 is 24.4 Å². The van der Waals surface area contributed by atoms with Gasteiger partial charge in [-0.3, -0.25) is 9.59 Å². The van der Waals surface area contributed by atoms with Gasteiger partial charge in [0.25, 0.3) is 11.7 Å². The summed E-state index contributed by atoms with van der Waals surface area (Å²) >= 11 is 5.98. The molecule has 7 nitrogen and oxygen atoms in total. The zero-order chi connectivity index (χ0) is 24.1. The standard InChI is InChI=1S/C25H29ClN2O5/c1-5-33-19-12-9-17(15-20(19)32-4)22-21(23(29)16-7-10-18(26)11-8-16)24(30)25(31)28(22)14-6-13-27(2)3/h7-12,15,22,29H,5-6,13-14H2,1-4H3/t22-/m0/s1. The fourth-order valence-corrected chi connectivity index (χ4v) is 4.03. The molecule has 1 aliphatic heterocycles. The minimum Gasteiger partial charge on any atom is -0.507 e. The number of ketones is 1. The summed E-state index contributed by atoms with van der Waals surface area (Å²) in [4.78, 5) is 29.7. The topological polar surface area (TPSA) is 79.3 Å². The van der Waals surface area contributed by atoms with Crippen LogP contribution in [0.4, 0.5) is 0 Å². The number of carbonyl (C=O) groups excluding carboxylic acids is 2. The molecular weight excluding hydrogens is 444 g/mol. The van der Waals surface area contributed by atoms with Crippen LogP contribution in [0, 0.1) is 0 Å². The van der Waals surface area contributed by atoms with Crippen LogP contribution in [0.3, 0.4) is 0 Å². The van der Waals surface area contributed by atoms with Gasteiger partial charge in [0, 0.05) is 17.1 Å². The van der Waals surface area contributed by atoms with Crippen LogP contribution in [0.25, 0.3) is 5.76 Å². The van der Waals surface area contributed by atoms with Crippen molar-refractivity contribution in [2.45, 2.75) is 19.4 Å². The molecule has 0 bridgehead atoms. The maximum Gasteiger partial charge on any atom is 0.295 e. The van der Waals surface area contributed by atoms with Gasteiger partial charge in [-0.1, -0.05) is 17.7 Å². The van der Waals surface area contributed by atoms with E-state index in [2.05, 4.69) is 0 Å².